The first-order valence-electron chi connectivity index (χ1n) is 7.79. The van der Waals surface area contributed by atoms with Gasteiger partial charge in [0.15, 0.2) is 0 Å². The highest BCUT2D eigenvalue weighted by Crippen LogP contribution is 2.37. The highest BCUT2D eigenvalue weighted by Gasteiger charge is 2.40. The molecule has 2 atom stereocenters. The van der Waals surface area contributed by atoms with E-state index in [0.717, 1.165) is 42.7 Å². The summed E-state index contributed by atoms with van der Waals surface area (Å²) < 4.78 is 28.2. The normalized spacial score (nSPS) is 21.7. The summed E-state index contributed by atoms with van der Waals surface area (Å²) in [6.07, 6.45) is 4.26. The Labute approximate surface area is 132 Å². The van der Waals surface area contributed by atoms with Crippen molar-refractivity contribution in [3.63, 3.8) is 0 Å². The molecule has 1 aromatic rings. The molecule has 0 spiro atoms. The smallest absolute Gasteiger partial charge is 0.242 e. The van der Waals surface area contributed by atoms with E-state index < -0.39 is 10.0 Å². The van der Waals surface area contributed by atoms with E-state index in [2.05, 4.69) is 23.9 Å². The average molecular weight is 331 g/mol. The molecule has 120 valence electrons. The van der Waals surface area contributed by atoms with Crippen LogP contribution in [0.25, 0.3) is 0 Å². The fourth-order valence-electron chi connectivity index (χ4n) is 2.69. The van der Waals surface area contributed by atoms with E-state index in [9.17, 15) is 8.42 Å². The molecule has 1 aromatic heterocycles. The largest absolute Gasteiger partial charge is 0.312 e. The van der Waals surface area contributed by atoms with E-state index in [0.29, 0.717) is 17.4 Å². The van der Waals surface area contributed by atoms with E-state index in [1.54, 1.807) is 0 Å². The summed E-state index contributed by atoms with van der Waals surface area (Å²) in [5, 5.41) is 5.23. The molecular weight excluding hydrogens is 304 g/mol. The van der Waals surface area contributed by atoms with Gasteiger partial charge in [0.2, 0.25) is 10.0 Å². The summed E-state index contributed by atoms with van der Waals surface area (Å²) in [6, 6.07) is 0.144. The van der Waals surface area contributed by atoms with Gasteiger partial charge in [-0.05, 0) is 49.6 Å². The lowest BCUT2D eigenvalue weighted by atomic mass is 10.2. The molecule has 1 heterocycles. The maximum Gasteiger partial charge on any atom is 0.242 e. The van der Waals surface area contributed by atoms with Gasteiger partial charge in [0.1, 0.15) is 4.90 Å². The SMILES string of the molecule is CCCNCc1scc(C)c1S(=O)(=O)NC1CC1CCC. The van der Waals surface area contributed by atoms with Crippen molar-refractivity contribution < 1.29 is 8.42 Å². The molecule has 0 aromatic carbocycles. The Morgan fingerprint density at radius 3 is 2.76 bits per heavy atom. The van der Waals surface area contributed by atoms with Gasteiger partial charge >= 0.3 is 0 Å². The molecule has 0 saturated heterocycles. The van der Waals surface area contributed by atoms with Crippen molar-refractivity contribution in [2.75, 3.05) is 6.54 Å². The second-order valence-corrected chi connectivity index (χ2v) is 8.48. The zero-order chi connectivity index (χ0) is 15.5. The van der Waals surface area contributed by atoms with Crippen LogP contribution in [-0.4, -0.2) is 21.0 Å². The fraction of sp³-hybridized carbons (Fsp3) is 0.733. The van der Waals surface area contributed by atoms with Gasteiger partial charge in [-0.3, -0.25) is 0 Å². The maximum absolute atomic E-state index is 12.6. The van der Waals surface area contributed by atoms with Crippen molar-refractivity contribution >= 4 is 21.4 Å². The second-order valence-electron chi connectivity index (χ2n) is 5.86. The molecule has 1 aliphatic carbocycles. The van der Waals surface area contributed by atoms with Gasteiger partial charge in [-0.25, -0.2) is 13.1 Å². The van der Waals surface area contributed by atoms with Crippen LogP contribution in [0.5, 0.6) is 0 Å². The Bertz CT molecular complexity index is 566. The van der Waals surface area contributed by atoms with Crippen molar-refractivity contribution in [2.24, 2.45) is 5.92 Å². The third kappa shape index (κ3) is 4.28. The molecule has 2 N–H and O–H groups in total. The monoisotopic (exact) mass is 330 g/mol. The van der Waals surface area contributed by atoms with Crippen LogP contribution in [-0.2, 0) is 16.6 Å². The zero-order valence-electron chi connectivity index (χ0n) is 13.1. The lowest BCUT2D eigenvalue weighted by molar-refractivity contribution is 0.570. The van der Waals surface area contributed by atoms with Crippen LogP contribution in [0.15, 0.2) is 10.3 Å². The minimum atomic E-state index is -3.38. The summed E-state index contributed by atoms with van der Waals surface area (Å²) in [6.45, 7) is 7.67. The third-order valence-corrected chi connectivity index (χ3v) is 6.81. The molecule has 1 aliphatic rings. The second kappa shape index (κ2) is 7.22. The van der Waals surface area contributed by atoms with Gasteiger partial charge < -0.3 is 5.32 Å². The Morgan fingerprint density at radius 1 is 1.33 bits per heavy atom. The fourth-order valence-corrected chi connectivity index (χ4v) is 5.79. The number of aryl methyl sites for hydroxylation is 1. The molecule has 2 rings (SSSR count). The lowest BCUT2D eigenvalue weighted by Crippen LogP contribution is -2.28. The quantitative estimate of drug-likeness (QED) is 0.684. The Morgan fingerprint density at radius 2 is 2.10 bits per heavy atom. The highest BCUT2D eigenvalue weighted by molar-refractivity contribution is 7.89. The van der Waals surface area contributed by atoms with E-state index in [4.69, 9.17) is 0 Å². The first kappa shape index (κ1) is 16.9. The van der Waals surface area contributed by atoms with Crippen LogP contribution in [0, 0.1) is 12.8 Å². The van der Waals surface area contributed by atoms with Crippen molar-refractivity contribution in [1.82, 2.24) is 10.0 Å². The Balaban J connectivity index is 2.07. The predicted octanol–water partition coefficient (Wildman–Crippen LogP) is 3.02. The number of hydrogen-bond acceptors (Lipinski definition) is 4. The first-order chi connectivity index (χ1) is 9.99. The molecular formula is C15H26N2O2S2. The average Bonchev–Trinajstić information content (AvgIpc) is 3.00. The summed E-state index contributed by atoms with van der Waals surface area (Å²) in [5.74, 6) is 0.533. The van der Waals surface area contributed by atoms with Crippen molar-refractivity contribution in [3.05, 3.63) is 15.8 Å². The zero-order valence-corrected chi connectivity index (χ0v) is 14.7. The van der Waals surface area contributed by atoms with Crippen molar-refractivity contribution in [3.8, 4) is 0 Å². The van der Waals surface area contributed by atoms with Gasteiger partial charge in [-0.15, -0.1) is 11.3 Å². The molecule has 1 saturated carbocycles. The Hall–Kier alpha value is -0.430. The first-order valence-corrected chi connectivity index (χ1v) is 10.2. The number of sulfonamides is 1. The Kier molecular flexibility index (Phi) is 5.82. The number of thiophene rings is 1. The van der Waals surface area contributed by atoms with E-state index in [1.807, 2.05) is 12.3 Å². The molecule has 2 unspecified atom stereocenters. The molecule has 4 nitrogen and oxygen atoms in total. The number of hydrogen-bond donors (Lipinski definition) is 2. The minimum Gasteiger partial charge on any atom is -0.312 e. The van der Waals surface area contributed by atoms with E-state index in [1.165, 1.54) is 11.3 Å². The molecule has 1 fully saturated rings. The van der Waals surface area contributed by atoms with E-state index in [-0.39, 0.29) is 6.04 Å². The lowest BCUT2D eigenvalue weighted by Gasteiger charge is -2.09. The van der Waals surface area contributed by atoms with Crippen LogP contribution < -0.4 is 10.0 Å². The van der Waals surface area contributed by atoms with E-state index >= 15 is 0 Å². The molecule has 0 bridgehead atoms. The van der Waals surface area contributed by atoms with Gasteiger partial charge in [0, 0.05) is 17.5 Å². The molecule has 21 heavy (non-hydrogen) atoms. The summed E-state index contributed by atoms with van der Waals surface area (Å²) in [4.78, 5) is 1.42. The van der Waals surface area contributed by atoms with Gasteiger partial charge in [0.05, 0.1) is 0 Å². The van der Waals surface area contributed by atoms with Crippen LogP contribution in [0.2, 0.25) is 0 Å². The van der Waals surface area contributed by atoms with Crippen molar-refractivity contribution in [2.45, 2.75) is 63.9 Å². The molecule has 0 aliphatic heterocycles. The molecule has 0 radical (unpaired) electrons. The van der Waals surface area contributed by atoms with Crippen LogP contribution >= 0.6 is 11.3 Å². The summed E-state index contributed by atoms with van der Waals surface area (Å²) in [7, 11) is -3.38. The molecule has 0 amide bonds. The van der Waals surface area contributed by atoms with Gasteiger partial charge in [-0.1, -0.05) is 20.3 Å². The number of nitrogens with one attached hydrogen (secondary N) is 2. The maximum atomic E-state index is 12.6. The van der Waals surface area contributed by atoms with Gasteiger partial charge in [0.25, 0.3) is 0 Å². The topological polar surface area (TPSA) is 58.2 Å². The third-order valence-electron chi connectivity index (χ3n) is 3.86. The predicted molar refractivity (Wildman–Crippen MR) is 88.2 cm³/mol. The van der Waals surface area contributed by atoms with Crippen molar-refractivity contribution in [1.29, 1.82) is 0 Å². The van der Waals surface area contributed by atoms with Gasteiger partial charge in [-0.2, -0.15) is 0 Å². The summed E-state index contributed by atoms with van der Waals surface area (Å²) in [5.41, 5.74) is 0.855. The van der Waals surface area contributed by atoms with Crippen LogP contribution in [0.4, 0.5) is 0 Å². The standard InChI is InChI=1S/C15H26N2O2S2/c1-4-6-12-8-13(12)17-21(18,19)15-11(3)10-20-14(15)9-16-7-5-2/h10,12-13,16-17H,4-9H2,1-3H3. The number of rotatable bonds is 9. The molecule has 6 heteroatoms. The van der Waals surface area contributed by atoms with Crippen LogP contribution in [0.3, 0.4) is 0 Å². The van der Waals surface area contributed by atoms with Crippen LogP contribution in [0.1, 0.15) is 50.0 Å². The minimum absolute atomic E-state index is 0.144. The summed E-state index contributed by atoms with van der Waals surface area (Å²) >= 11 is 1.53. The highest BCUT2D eigenvalue weighted by atomic mass is 32.2.